The molecule has 3 aromatic rings. The second-order valence-electron chi connectivity index (χ2n) is 6.51. The first kappa shape index (κ1) is 17.4. The molecule has 1 unspecified atom stereocenters. The summed E-state index contributed by atoms with van der Waals surface area (Å²) in [4.78, 5) is 16.8. The van der Waals surface area contributed by atoms with Gasteiger partial charge in [-0.1, -0.05) is 18.2 Å². The maximum Gasteiger partial charge on any atom is 0.258 e. The van der Waals surface area contributed by atoms with Crippen molar-refractivity contribution in [2.45, 2.75) is 13.0 Å². The van der Waals surface area contributed by atoms with Crippen molar-refractivity contribution in [3.63, 3.8) is 0 Å². The number of hydrogen-bond acceptors (Lipinski definition) is 5. The third kappa shape index (κ3) is 4.05. The molecule has 1 aromatic carbocycles. The van der Waals surface area contributed by atoms with Crippen LogP contribution in [0.3, 0.4) is 0 Å². The van der Waals surface area contributed by atoms with Gasteiger partial charge in [0.1, 0.15) is 0 Å². The molecule has 138 valence electrons. The van der Waals surface area contributed by atoms with Gasteiger partial charge < -0.3 is 15.4 Å². The van der Waals surface area contributed by atoms with Crippen LogP contribution >= 0.6 is 0 Å². The molecule has 1 atom stereocenters. The van der Waals surface area contributed by atoms with E-state index in [1.807, 2.05) is 43.3 Å². The van der Waals surface area contributed by atoms with Gasteiger partial charge in [-0.2, -0.15) is 5.10 Å². The van der Waals surface area contributed by atoms with Crippen LogP contribution in [0.2, 0.25) is 0 Å². The van der Waals surface area contributed by atoms with E-state index in [1.54, 1.807) is 17.1 Å². The van der Waals surface area contributed by atoms with Gasteiger partial charge >= 0.3 is 0 Å². The third-order valence-corrected chi connectivity index (χ3v) is 4.44. The molecular formula is C20H21N5O2. The Morgan fingerprint density at radius 1 is 1.22 bits per heavy atom. The van der Waals surface area contributed by atoms with Gasteiger partial charge in [0.05, 0.1) is 24.5 Å². The molecule has 0 radical (unpaired) electrons. The van der Waals surface area contributed by atoms with Gasteiger partial charge in [0.25, 0.3) is 5.91 Å². The number of anilines is 1. The normalized spacial score (nSPS) is 16.9. The number of aromatic nitrogens is 3. The zero-order chi connectivity index (χ0) is 18.6. The minimum Gasteiger partial charge on any atom is -0.371 e. The Bertz CT molecular complexity index is 912. The molecule has 1 aliphatic rings. The van der Waals surface area contributed by atoms with Gasteiger partial charge in [-0.25, -0.2) is 9.67 Å². The minimum absolute atomic E-state index is 0.0590. The highest BCUT2D eigenvalue weighted by Crippen LogP contribution is 2.21. The average molecular weight is 363 g/mol. The lowest BCUT2D eigenvalue weighted by Crippen LogP contribution is -2.33. The highest BCUT2D eigenvalue weighted by molar-refractivity contribution is 6.03. The predicted octanol–water partition coefficient (Wildman–Crippen LogP) is 2.49. The van der Waals surface area contributed by atoms with Crippen LogP contribution in [0.5, 0.6) is 0 Å². The fourth-order valence-corrected chi connectivity index (χ4v) is 2.92. The fourth-order valence-electron chi connectivity index (χ4n) is 2.92. The Morgan fingerprint density at radius 2 is 2.07 bits per heavy atom. The molecule has 1 amide bonds. The van der Waals surface area contributed by atoms with Crippen LogP contribution < -0.4 is 10.6 Å². The van der Waals surface area contributed by atoms with E-state index in [0.29, 0.717) is 18.0 Å². The first-order chi connectivity index (χ1) is 13.2. The maximum atomic E-state index is 12.5. The maximum absolute atomic E-state index is 12.5. The van der Waals surface area contributed by atoms with Crippen LogP contribution in [0.4, 0.5) is 5.69 Å². The summed E-state index contributed by atoms with van der Waals surface area (Å²) in [6, 6.07) is 11.6. The summed E-state index contributed by atoms with van der Waals surface area (Å²) >= 11 is 0. The summed E-state index contributed by atoms with van der Waals surface area (Å²) in [5.74, 6) is 0.460. The highest BCUT2D eigenvalue weighted by Gasteiger charge is 2.16. The van der Waals surface area contributed by atoms with Crippen LogP contribution in [0, 0.1) is 6.92 Å². The number of pyridine rings is 1. The molecular weight excluding hydrogens is 342 g/mol. The summed E-state index contributed by atoms with van der Waals surface area (Å²) in [5.41, 5.74) is 3.37. The molecule has 0 aliphatic carbocycles. The number of aryl methyl sites for hydroxylation is 1. The Morgan fingerprint density at radius 3 is 2.78 bits per heavy atom. The van der Waals surface area contributed by atoms with Crippen molar-refractivity contribution in [3.05, 3.63) is 71.7 Å². The van der Waals surface area contributed by atoms with Gasteiger partial charge in [-0.15, -0.1) is 0 Å². The number of rotatable bonds is 4. The molecule has 7 heteroatoms. The molecule has 27 heavy (non-hydrogen) atoms. The zero-order valence-electron chi connectivity index (χ0n) is 15.1. The molecule has 4 rings (SSSR count). The minimum atomic E-state index is -0.211. The lowest BCUT2D eigenvalue weighted by molar-refractivity contribution is 0.0277. The third-order valence-electron chi connectivity index (χ3n) is 4.44. The summed E-state index contributed by atoms with van der Waals surface area (Å²) in [6.45, 7) is 4.37. The van der Waals surface area contributed by atoms with Gasteiger partial charge in [0.15, 0.2) is 5.82 Å². The van der Waals surface area contributed by atoms with E-state index in [-0.39, 0.29) is 12.0 Å². The van der Waals surface area contributed by atoms with Crippen molar-refractivity contribution in [2.24, 2.45) is 0 Å². The van der Waals surface area contributed by atoms with Gasteiger partial charge in [0.2, 0.25) is 0 Å². The van der Waals surface area contributed by atoms with Crippen LogP contribution in [-0.2, 0) is 4.74 Å². The topological polar surface area (TPSA) is 81.1 Å². The lowest BCUT2D eigenvalue weighted by Gasteiger charge is -2.24. The second kappa shape index (κ2) is 7.69. The van der Waals surface area contributed by atoms with E-state index < -0.39 is 0 Å². The lowest BCUT2D eigenvalue weighted by atomic mass is 10.1. The molecule has 1 fully saturated rings. The summed E-state index contributed by atoms with van der Waals surface area (Å²) in [7, 11) is 0. The number of nitrogens with one attached hydrogen (secondary N) is 2. The quantitative estimate of drug-likeness (QED) is 0.744. The van der Waals surface area contributed by atoms with Gasteiger partial charge in [-0.3, -0.25) is 4.79 Å². The first-order valence-corrected chi connectivity index (χ1v) is 8.90. The first-order valence-electron chi connectivity index (χ1n) is 8.90. The molecule has 2 aromatic heterocycles. The number of carbonyl (C=O) groups excluding carboxylic acids is 1. The van der Waals surface area contributed by atoms with Crippen molar-refractivity contribution in [2.75, 3.05) is 25.0 Å². The number of morpholine rings is 1. The van der Waals surface area contributed by atoms with Crippen molar-refractivity contribution < 1.29 is 9.53 Å². The van der Waals surface area contributed by atoms with E-state index in [2.05, 4.69) is 20.7 Å². The molecule has 0 spiro atoms. The van der Waals surface area contributed by atoms with E-state index in [4.69, 9.17) is 4.74 Å². The summed E-state index contributed by atoms with van der Waals surface area (Å²) in [6.07, 6.45) is 5.03. The zero-order valence-corrected chi connectivity index (χ0v) is 15.1. The average Bonchev–Trinajstić information content (AvgIpc) is 3.20. The molecule has 1 saturated heterocycles. The van der Waals surface area contributed by atoms with E-state index >= 15 is 0 Å². The number of carbonyl (C=O) groups is 1. The molecule has 7 nitrogen and oxygen atoms in total. The van der Waals surface area contributed by atoms with Crippen molar-refractivity contribution in [1.29, 1.82) is 0 Å². The van der Waals surface area contributed by atoms with E-state index in [1.165, 1.54) is 6.20 Å². The van der Waals surface area contributed by atoms with Crippen LogP contribution in [0.25, 0.3) is 5.82 Å². The molecule has 3 heterocycles. The smallest absolute Gasteiger partial charge is 0.258 e. The number of hydrogen-bond donors (Lipinski definition) is 2. The number of nitrogens with zero attached hydrogens (tertiary/aromatic N) is 3. The molecule has 1 aliphatic heterocycles. The van der Waals surface area contributed by atoms with Crippen LogP contribution in [-0.4, -0.2) is 40.4 Å². The number of ether oxygens (including phenoxy) is 1. The Hall–Kier alpha value is -3.03. The molecule has 0 saturated carbocycles. The fraction of sp³-hybridized carbons (Fsp3) is 0.250. The Labute approximate surface area is 157 Å². The number of benzene rings is 1. The van der Waals surface area contributed by atoms with Crippen molar-refractivity contribution in [3.8, 4) is 5.82 Å². The van der Waals surface area contributed by atoms with E-state index in [0.717, 1.165) is 29.9 Å². The van der Waals surface area contributed by atoms with Crippen molar-refractivity contribution in [1.82, 2.24) is 20.1 Å². The standard InChI is InChI=1S/C20H21N5O2/c1-14-2-7-19(22-10-14)25-13-16(11-23-25)20(26)24-17-5-3-15(4-6-17)18-12-21-8-9-27-18/h2-7,10-11,13,18,21H,8-9,12H2,1H3,(H,24,26). The van der Waals surface area contributed by atoms with Gasteiger partial charge in [0, 0.05) is 31.2 Å². The SMILES string of the molecule is Cc1ccc(-n2cc(C(=O)Nc3ccc(C4CNCCO4)cc3)cn2)nc1. The Balaban J connectivity index is 1.42. The highest BCUT2D eigenvalue weighted by atomic mass is 16.5. The second-order valence-corrected chi connectivity index (χ2v) is 6.51. The van der Waals surface area contributed by atoms with E-state index in [9.17, 15) is 4.79 Å². The van der Waals surface area contributed by atoms with Crippen LogP contribution in [0.15, 0.2) is 55.0 Å². The number of amides is 1. The molecule has 2 N–H and O–H groups in total. The summed E-state index contributed by atoms with van der Waals surface area (Å²) in [5, 5.41) is 10.4. The van der Waals surface area contributed by atoms with Crippen LogP contribution in [0.1, 0.15) is 27.6 Å². The largest absolute Gasteiger partial charge is 0.371 e. The predicted molar refractivity (Wildman–Crippen MR) is 102 cm³/mol. The summed E-state index contributed by atoms with van der Waals surface area (Å²) < 4.78 is 7.33. The van der Waals surface area contributed by atoms with Gasteiger partial charge in [-0.05, 0) is 36.2 Å². The van der Waals surface area contributed by atoms with Crippen molar-refractivity contribution >= 4 is 11.6 Å². The monoisotopic (exact) mass is 363 g/mol. The molecule has 0 bridgehead atoms. The Kier molecular flexibility index (Phi) is 4.95.